The van der Waals surface area contributed by atoms with Crippen LogP contribution in [-0.4, -0.2) is 41.7 Å². The number of ether oxygens (including phenoxy) is 1. The molecule has 1 aromatic carbocycles. The summed E-state index contributed by atoms with van der Waals surface area (Å²) in [4.78, 5) is 30.7. The zero-order valence-electron chi connectivity index (χ0n) is 14.7. The molecule has 0 aliphatic carbocycles. The van der Waals surface area contributed by atoms with Crippen LogP contribution in [0.2, 0.25) is 0 Å². The van der Waals surface area contributed by atoms with Gasteiger partial charge in [0, 0.05) is 18.5 Å². The molecular formula is C19H22N2O4. The van der Waals surface area contributed by atoms with Crippen molar-refractivity contribution in [3.05, 3.63) is 35.4 Å². The van der Waals surface area contributed by atoms with Gasteiger partial charge in [0.1, 0.15) is 11.4 Å². The third-order valence-electron chi connectivity index (χ3n) is 4.90. The van der Waals surface area contributed by atoms with E-state index in [1.54, 1.807) is 13.8 Å². The molecule has 2 heterocycles. The molecule has 2 aromatic rings. The maximum Gasteiger partial charge on any atom is 0.342 e. The molecule has 1 N–H and O–H groups in total. The van der Waals surface area contributed by atoms with Gasteiger partial charge in [0.05, 0.1) is 17.5 Å². The predicted octanol–water partition coefficient (Wildman–Crippen LogP) is 3.02. The highest BCUT2D eigenvalue weighted by Gasteiger charge is 2.42. The number of aryl methyl sites for hydroxylation is 1. The summed E-state index contributed by atoms with van der Waals surface area (Å²) in [7, 11) is 0. The van der Waals surface area contributed by atoms with Crippen molar-refractivity contribution in [1.82, 2.24) is 4.98 Å². The molecule has 0 bridgehead atoms. The fourth-order valence-corrected chi connectivity index (χ4v) is 3.35. The minimum Gasteiger partial charge on any atom is -0.481 e. The number of aliphatic carboxylic acids is 1. The van der Waals surface area contributed by atoms with E-state index in [9.17, 15) is 14.7 Å². The number of rotatable bonds is 4. The highest BCUT2D eigenvalue weighted by molar-refractivity contribution is 6.02. The molecule has 6 nitrogen and oxygen atoms in total. The molecule has 0 saturated carbocycles. The highest BCUT2D eigenvalue weighted by atomic mass is 16.5. The molecular weight excluding hydrogens is 320 g/mol. The third-order valence-corrected chi connectivity index (χ3v) is 4.90. The van der Waals surface area contributed by atoms with Crippen molar-refractivity contribution in [2.24, 2.45) is 5.41 Å². The van der Waals surface area contributed by atoms with Gasteiger partial charge in [-0.15, -0.1) is 0 Å². The van der Waals surface area contributed by atoms with Gasteiger partial charge in [-0.05, 0) is 38.8 Å². The molecule has 1 saturated heterocycles. The minimum absolute atomic E-state index is 0.275. The Morgan fingerprint density at radius 1 is 1.36 bits per heavy atom. The fraction of sp³-hybridized carbons (Fsp3) is 0.421. The standard InChI is InChI=1S/C19H22N2O4/c1-4-25-17(22)15-12(2)13-7-5-6-8-14(13)20-16(15)21-10-9-19(3,11-21)18(23)24/h5-8H,4,9-11H2,1-3H3,(H,23,24). The van der Waals surface area contributed by atoms with Crippen molar-refractivity contribution < 1.29 is 19.4 Å². The van der Waals surface area contributed by atoms with Crippen LogP contribution in [0.5, 0.6) is 0 Å². The summed E-state index contributed by atoms with van der Waals surface area (Å²) in [6.45, 7) is 6.51. The number of nitrogens with zero attached hydrogens (tertiary/aromatic N) is 2. The van der Waals surface area contributed by atoms with Gasteiger partial charge in [-0.1, -0.05) is 18.2 Å². The minimum atomic E-state index is -0.840. The van der Waals surface area contributed by atoms with Crippen molar-refractivity contribution in [2.45, 2.75) is 27.2 Å². The predicted molar refractivity (Wildman–Crippen MR) is 95.0 cm³/mol. The molecule has 25 heavy (non-hydrogen) atoms. The number of para-hydroxylation sites is 1. The Hall–Kier alpha value is -2.63. The molecule has 1 aromatic heterocycles. The highest BCUT2D eigenvalue weighted by Crippen LogP contribution is 2.36. The Morgan fingerprint density at radius 3 is 2.72 bits per heavy atom. The first-order valence-corrected chi connectivity index (χ1v) is 8.42. The number of benzene rings is 1. The van der Waals surface area contributed by atoms with Gasteiger partial charge in [0.25, 0.3) is 0 Å². The van der Waals surface area contributed by atoms with E-state index in [4.69, 9.17) is 4.74 Å². The van der Waals surface area contributed by atoms with Crippen LogP contribution in [0.4, 0.5) is 5.82 Å². The summed E-state index contributed by atoms with van der Waals surface area (Å²) in [6, 6.07) is 7.62. The average molecular weight is 342 g/mol. The normalized spacial score (nSPS) is 20.0. The number of hydrogen-bond acceptors (Lipinski definition) is 5. The van der Waals surface area contributed by atoms with Crippen molar-refractivity contribution in [3.63, 3.8) is 0 Å². The van der Waals surface area contributed by atoms with Gasteiger partial charge in [-0.3, -0.25) is 4.79 Å². The number of carboxylic acid groups (broad SMARTS) is 1. The lowest BCUT2D eigenvalue weighted by molar-refractivity contribution is -0.146. The van der Waals surface area contributed by atoms with Crippen molar-refractivity contribution in [2.75, 3.05) is 24.6 Å². The molecule has 3 rings (SSSR count). The Kier molecular flexibility index (Phi) is 4.37. The van der Waals surface area contributed by atoms with Crippen LogP contribution >= 0.6 is 0 Å². The monoisotopic (exact) mass is 342 g/mol. The number of carbonyl (C=O) groups is 2. The van der Waals surface area contributed by atoms with Crippen molar-refractivity contribution in [1.29, 1.82) is 0 Å². The molecule has 6 heteroatoms. The number of carbonyl (C=O) groups excluding carboxylic acids is 1. The van der Waals surface area contributed by atoms with Crippen LogP contribution in [-0.2, 0) is 9.53 Å². The van der Waals surface area contributed by atoms with Gasteiger partial charge in [0.15, 0.2) is 0 Å². The van der Waals surface area contributed by atoms with E-state index < -0.39 is 17.4 Å². The first-order valence-electron chi connectivity index (χ1n) is 8.42. The van der Waals surface area contributed by atoms with E-state index >= 15 is 0 Å². The van der Waals surface area contributed by atoms with E-state index in [1.807, 2.05) is 36.1 Å². The second-order valence-corrected chi connectivity index (χ2v) is 6.71. The van der Waals surface area contributed by atoms with Crippen LogP contribution < -0.4 is 4.90 Å². The summed E-state index contributed by atoms with van der Waals surface area (Å²) in [5.74, 6) is -0.734. The summed E-state index contributed by atoms with van der Waals surface area (Å²) in [5.41, 5.74) is 1.18. The number of carboxylic acids is 1. The lowest BCUT2D eigenvalue weighted by atomic mass is 9.90. The SMILES string of the molecule is CCOC(=O)c1c(N2CCC(C)(C(=O)O)C2)nc2ccccc2c1C. The van der Waals surface area contributed by atoms with E-state index in [1.165, 1.54) is 0 Å². The van der Waals surface area contributed by atoms with E-state index in [-0.39, 0.29) is 6.61 Å². The van der Waals surface area contributed by atoms with Gasteiger partial charge in [0.2, 0.25) is 0 Å². The number of fused-ring (bicyclic) bond motifs is 1. The maximum atomic E-state index is 12.6. The molecule has 1 aliphatic rings. The molecule has 0 spiro atoms. The maximum absolute atomic E-state index is 12.6. The van der Waals surface area contributed by atoms with Gasteiger partial charge >= 0.3 is 11.9 Å². The smallest absolute Gasteiger partial charge is 0.342 e. The van der Waals surface area contributed by atoms with Crippen LogP contribution in [0.25, 0.3) is 10.9 Å². The molecule has 132 valence electrons. The van der Waals surface area contributed by atoms with Crippen molar-refractivity contribution >= 4 is 28.7 Å². The van der Waals surface area contributed by atoms with Crippen molar-refractivity contribution in [3.8, 4) is 0 Å². The Balaban J connectivity index is 2.15. The Labute approximate surface area is 146 Å². The fourth-order valence-electron chi connectivity index (χ4n) is 3.35. The lowest BCUT2D eigenvalue weighted by Gasteiger charge is -2.24. The zero-order chi connectivity index (χ0) is 18.2. The zero-order valence-corrected chi connectivity index (χ0v) is 14.7. The number of anilines is 1. The van der Waals surface area contributed by atoms with E-state index in [2.05, 4.69) is 4.98 Å². The van der Waals surface area contributed by atoms with E-state index in [0.29, 0.717) is 30.9 Å². The molecule has 0 radical (unpaired) electrons. The van der Waals surface area contributed by atoms with Crippen LogP contribution in [0.1, 0.15) is 36.2 Å². The summed E-state index contributed by atoms with van der Waals surface area (Å²) >= 11 is 0. The number of hydrogen-bond donors (Lipinski definition) is 1. The van der Waals surface area contributed by atoms with Gasteiger partial charge < -0.3 is 14.7 Å². The molecule has 1 aliphatic heterocycles. The Bertz CT molecular complexity index is 849. The summed E-state index contributed by atoms with van der Waals surface area (Å²) < 4.78 is 5.24. The molecule has 1 unspecified atom stereocenters. The van der Waals surface area contributed by atoms with Crippen LogP contribution in [0, 0.1) is 12.3 Å². The summed E-state index contributed by atoms with van der Waals surface area (Å²) in [5, 5.41) is 10.4. The molecule has 1 fully saturated rings. The van der Waals surface area contributed by atoms with Crippen LogP contribution in [0.3, 0.4) is 0 Å². The molecule has 0 amide bonds. The topological polar surface area (TPSA) is 79.7 Å². The third kappa shape index (κ3) is 2.92. The quantitative estimate of drug-likeness (QED) is 0.861. The summed E-state index contributed by atoms with van der Waals surface area (Å²) in [6.07, 6.45) is 0.512. The molecule has 1 atom stereocenters. The largest absolute Gasteiger partial charge is 0.481 e. The van der Waals surface area contributed by atoms with Gasteiger partial charge in [-0.2, -0.15) is 0 Å². The number of esters is 1. The number of pyridine rings is 1. The second-order valence-electron chi connectivity index (χ2n) is 6.71. The second kappa shape index (κ2) is 6.35. The number of aromatic nitrogens is 1. The lowest BCUT2D eigenvalue weighted by Crippen LogP contribution is -2.33. The van der Waals surface area contributed by atoms with E-state index in [0.717, 1.165) is 16.5 Å². The first-order chi connectivity index (χ1) is 11.9. The van der Waals surface area contributed by atoms with Gasteiger partial charge in [-0.25, -0.2) is 9.78 Å². The Morgan fingerprint density at radius 2 is 2.08 bits per heavy atom. The van der Waals surface area contributed by atoms with Crippen LogP contribution in [0.15, 0.2) is 24.3 Å². The first kappa shape index (κ1) is 17.2. The average Bonchev–Trinajstić information content (AvgIpc) is 2.99.